The van der Waals surface area contributed by atoms with Gasteiger partial charge in [-0.3, -0.25) is 0 Å². The lowest BCUT2D eigenvalue weighted by molar-refractivity contribution is 1.01. The molecule has 4 nitrogen and oxygen atoms in total. The molecule has 2 aromatic rings. The third-order valence-corrected chi connectivity index (χ3v) is 2.83. The van der Waals surface area contributed by atoms with Gasteiger partial charge in [0.25, 0.3) is 0 Å². The van der Waals surface area contributed by atoms with Crippen molar-refractivity contribution in [2.45, 2.75) is 26.7 Å². The van der Waals surface area contributed by atoms with E-state index >= 15 is 0 Å². The first-order chi connectivity index (χ1) is 9.19. The van der Waals surface area contributed by atoms with Gasteiger partial charge in [0.2, 0.25) is 0 Å². The highest BCUT2D eigenvalue weighted by Crippen LogP contribution is 2.18. The number of anilines is 2. The molecule has 4 heteroatoms. The van der Waals surface area contributed by atoms with E-state index in [1.807, 2.05) is 44.3 Å². The first-order valence-electron chi connectivity index (χ1n) is 6.22. The lowest BCUT2D eigenvalue weighted by Gasteiger charge is -2.09. The highest BCUT2D eigenvalue weighted by atomic mass is 15.0. The molecule has 96 valence electrons. The summed E-state index contributed by atoms with van der Waals surface area (Å²) in [7, 11) is 0. The van der Waals surface area contributed by atoms with Crippen LogP contribution in [0.3, 0.4) is 0 Å². The van der Waals surface area contributed by atoms with E-state index in [1.165, 1.54) is 5.56 Å². The van der Waals surface area contributed by atoms with Crippen molar-refractivity contribution in [1.82, 2.24) is 9.97 Å². The lowest BCUT2D eigenvalue weighted by atomic mass is 10.1. The molecular weight excluding hydrogens is 236 g/mol. The molecule has 19 heavy (non-hydrogen) atoms. The molecule has 0 aliphatic rings. The number of nitrogens with one attached hydrogen (secondary N) is 1. The zero-order valence-electron chi connectivity index (χ0n) is 11.1. The normalized spacial score (nSPS) is 9.95. The molecule has 1 N–H and O–H groups in total. The largest absolute Gasteiger partial charge is 0.340 e. The maximum atomic E-state index is 8.56. The second kappa shape index (κ2) is 5.96. The molecule has 2 rings (SSSR count). The molecule has 0 saturated carbocycles. The van der Waals surface area contributed by atoms with Crippen molar-refractivity contribution < 1.29 is 0 Å². The van der Waals surface area contributed by atoms with Gasteiger partial charge in [0, 0.05) is 23.9 Å². The summed E-state index contributed by atoms with van der Waals surface area (Å²) in [4.78, 5) is 8.52. The van der Waals surface area contributed by atoms with Gasteiger partial charge in [-0.25, -0.2) is 9.97 Å². The predicted octanol–water partition coefficient (Wildman–Crippen LogP) is 3.29. The van der Waals surface area contributed by atoms with E-state index in [0.717, 1.165) is 29.3 Å². The quantitative estimate of drug-likeness (QED) is 0.907. The van der Waals surface area contributed by atoms with Gasteiger partial charge in [-0.05, 0) is 38.0 Å². The molecule has 0 spiro atoms. The Morgan fingerprint density at radius 3 is 2.63 bits per heavy atom. The summed E-state index contributed by atoms with van der Waals surface area (Å²) in [6.45, 7) is 3.85. The Labute approximate surface area is 113 Å². The van der Waals surface area contributed by atoms with Crippen LogP contribution in [0, 0.1) is 25.2 Å². The number of hydrogen-bond acceptors (Lipinski definition) is 4. The van der Waals surface area contributed by atoms with Crippen molar-refractivity contribution in [3.8, 4) is 6.07 Å². The molecule has 0 unspecified atom stereocenters. The SMILES string of the molecule is Cc1ncc(C)c(Nc2ccc(CCC#N)cc2)n1. The third kappa shape index (κ3) is 3.52. The highest BCUT2D eigenvalue weighted by Gasteiger charge is 2.02. The van der Waals surface area contributed by atoms with E-state index in [-0.39, 0.29) is 0 Å². The van der Waals surface area contributed by atoms with Gasteiger partial charge < -0.3 is 5.32 Å². The van der Waals surface area contributed by atoms with Crippen LogP contribution in [-0.4, -0.2) is 9.97 Å². The molecule has 0 atom stereocenters. The fourth-order valence-electron chi connectivity index (χ4n) is 1.75. The molecule has 0 bridgehead atoms. The van der Waals surface area contributed by atoms with Crippen LogP contribution in [0.25, 0.3) is 0 Å². The number of aromatic nitrogens is 2. The Balaban J connectivity index is 2.11. The minimum absolute atomic E-state index is 0.553. The predicted molar refractivity (Wildman–Crippen MR) is 75.2 cm³/mol. The Bertz CT molecular complexity index is 597. The van der Waals surface area contributed by atoms with Crippen molar-refractivity contribution in [2.24, 2.45) is 0 Å². The first kappa shape index (κ1) is 13.0. The summed E-state index contributed by atoms with van der Waals surface area (Å²) in [5, 5.41) is 11.8. The maximum absolute atomic E-state index is 8.56. The topological polar surface area (TPSA) is 61.6 Å². The second-order valence-electron chi connectivity index (χ2n) is 4.43. The van der Waals surface area contributed by atoms with Crippen molar-refractivity contribution in [1.29, 1.82) is 5.26 Å². The minimum Gasteiger partial charge on any atom is -0.340 e. The van der Waals surface area contributed by atoms with Crippen LogP contribution in [0.5, 0.6) is 0 Å². The van der Waals surface area contributed by atoms with Crippen LogP contribution in [0.15, 0.2) is 30.5 Å². The van der Waals surface area contributed by atoms with Crippen LogP contribution in [0.1, 0.15) is 23.4 Å². The second-order valence-corrected chi connectivity index (χ2v) is 4.43. The summed E-state index contributed by atoms with van der Waals surface area (Å²) in [6, 6.07) is 10.2. The number of aryl methyl sites for hydroxylation is 3. The van der Waals surface area contributed by atoms with Crippen LogP contribution < -0.4 is 5.32 Å². The average Bonchev–Trinajstić information content (AvgIpc) is 2.42. The molecule has 0 amide bonds. The number of benzene rings is 1. The molecule has 0 aliphatic heterocycles. The summed E-state index contributed by atoms with van der Waals surface area (Å²) in [5.41, 5.74) is 3.17. The fourth-order valence-corrected chi connectivity index (χ4v) is 1.75. The lowest BCUT2D eigenvalue weighted by Crippen LogP contribution is -1.99. The maximum Gasteiger partial charge on any atom is 0.136 e. The zero-order chi connectivity index (χ0) is 13.7. The van der Waals surface area contributed by atoms with Gasteiger partial charge in [-0.2, -0.15) is 5.26 Å². The van der Waals surface area contributed by atoms with Crippen molar-refractivity contribution in [3.63, 3.8) is 0 Å². The number of nitriles is 1. The van der Waals surface area contributed by atoms with Gasteiger partial charge in [0.1, 0.15) is 11.6 Å². The third-order valence-electron chi connectivity index (χ3n) is 2.83. The van der Waals surface area contributed by atoms with Gasteiger partial charge in [-0.15, -0.1) is 0 Å². The molecule has 0 saturated heterocycles. The summed E-state index contributed by atoms with van der Waals surface area (Å²) >= 11 is 0. The number of rotatable bonds is 4. The average molecular weight is 252 g/mol. The number of hydrogen-bond donors (Lipinski definition) is 1. The van der Waals surface area contributed by atoms with E-state index in [9.17, 15) is 0 Å². The molecule has 1 aromatic carbocycles. The highest BCUT2D eigenvalue weighted by molar-refractivity contribution is 5.58. The smallest absolute Gasteiger partial charge is 0.136 e. The van der Waals surface area contributed by atoms with E-state index in [0.29, 0.717) is 6.42 Å². The van der Waals surface area contributed by atoms with E-state index in [2.05, 4.69) is 21.4 Å². The molecular formula is C15H16N4. The Hall–Kier alpha value is -2.41. The molecule has 0 aliphatic carbocycles. The van der Waals surface area contributed by atoms with Crippen molar-refractivity contribution >= 4 is 11.5 Å². The molecule has 0 fully saturated rings. The van der Waals surface area contributed by atoms with Crippen LogP contribution in [0.2, 0.25) is 0 Å². The van der Waals surface area contributed by atoms with Gasteiger partial charge in [0.15, 0.2) is 0 Å². The minimum atomic E-state index is 0.553. The van der Waals surface area contributed by atoms with E-state index in [4.69, 9.17) is 5.26 Å². The fraction of sp³-hybridized carbons (Fsp3) is 0.267. The summed E-state index contributed by atoms with van der Waals surface area (Å²) in [6.07, 6.45) is 3.16. The number of nitrogens with zero attached hydrogens (tertiary/aromatic N) is 3. The molecule has 1 aromatic heterocycles. The van der Waals surface area contributed by atoms with Gasteiger partial charge in [-0.1, -0.05) is 12.1 Å². The van der Waals surface area contributed by atoms with Crippen molar-refractivity contribution in [3.05, 3.63) is 47.4 Å². The standard InChI is InChI=1S/C15H16N4/c1-11-10-17-12(2)18-15(11)19-14-7-5-13(6-8-14)4-3-9-16/h5-8,10H,3-4H2,1-2H3,(H,17,18,19). The van der Waals surface area contributed by atoms with Crippen LogP contribution >= 0.6 is 0 Å². The first-order valence-corrected chi connectivity index (χ1v) is 6.22. The van der Waals surface area contributed by atoms with Gasteiger partial charge >= 0.3 is 0 Å². The van der Waals surface area contributed by atoms with Crippen LogP contribution in [-0.2, 0) is 6.42 Å². The molecule has 1 heterocycles. The van der Waals surface area contributed by atoms with Gasteiger partial charge in [0.05, 0.1) is 6.07 Å². The zero-order valence-corrected chi connectivity index (χ0v) is 11.1. The van der Waals surface area contributed by atoms with Crippen LogP contribution in [0.4, 0.5) is 11.5 Å². The van der Waals surface area contributed by atoms with Crippen molar-refractivity contribution in [2.75, 3.05) is 5.32 Å². The Morgan fingerprint density at radius 2 is 1.95 bits per heavy atom. The monoisotopic (exact) mass is 252 g/mol. The Morgan fingerprint density at radius 1 is 1.21 bits per heavy atom. The van der Waals surface area contributed by atoms with E-state index in [1.54, 1.807) is 0 Å². The summed E-state index contributed by atoms with van der Waals surface area (Å²) < 4.78 is 0. The summed E-state index contributed by atoms with van der Waals surface area (Å²) in [5.74, 6) is 1.58. The Kier molecular flexibility index (Phi) is 4.09. The van der Waals surface area contributed by atoms with E-state index < -0.39 is 0 Å². The molecule has 0 radical (unpaired) electrons.